The Morgan fingerprint density at radius 2 is 2.10 bits per heavy atom. The molecule has 3 rings (SSSR count). The molecule has 0 saturated heterocycles. The Bertz CT molecular complexity index is 624. The van der Waals surface area contributed by atoms with Crippen molar-refractivity contribution in [1.29, 1.82) is 0 Å². The zero-order chi connectivity index (χ0) is 13.9. The van der Waals surface area contributed by atoms with Crippen LogP contribution >= 0.6 is 15.9 Å². The number of nitrogens with one attached hydrogen (secondary N) is 1. The van der Waals surface area contributed by atoms with Crippen LogP contribution in [-0.2, 0) is 19.4 Å². The lowest BCUT2D eigenvalue weighted by Crippen LogP contribution is -2.02. The molecule has 0 bridgehead atoms. The van der Waals surface area contributed by atoms with Crippen LogP contribution in [0.5, 0.6) is 5.75 Å². The minimum absolute atomic E-state index is 0.818. The summed E-state index contributed by atoms with van der Waals surface area (Å²) >= 11 is 3.53. The first-order chi connectivity index (χ1) is 9.76. The third kappa shape index (κ3) is 2.83. The molecule has 0 atom stereocenters. The molecule has 0 unspecified atom stereocenters. The maximum absolute atomic E-state index is 5.54. The maximum atomic E-state index is 5.54. The molecule has 0 amide bonds. The second-order valence-corrected chi connectivity index (χ2v) is 5.96. The lowest BCUT2D eigenvalue weighted by atomic mass is 10.1. The van der Waals surface area contributed by atoms with Crippen LogP contribution in [0.25, 0.3) is 0 Å². The summed E-state index contributed by atoms with van der Waals surface area (Å²) < 4.78 is 6.67. The van der Waals surface area contributed by atoms with Gasteiger partial charge in [0.15, 0.2) is 0 Å². The second-order valence-electron chi connectivity index (χ2n) is 5.05. The Hall–Kier alpha value is -1.48. The summed E-state index contributed by atoms with van der Waals surface area (Å²) in [7, 11) is 0. The summed E-state index contributed by atoms with van der Waals surface area (Å²) in [5.41, 5.74) is 5.19. The molecule has 0 aromatic heterocycles. The Labute approximate surface area is 128 Å². The van der Waals surface area contributed by atoms with Gasteiger partial charge in [0.2, 0.25) is 0 Å². The van der Waals surface area contributed by atoms with Crippen LogP contribution in [0.1, 0.15) is 23.6 Å². The van der Waals surface area contributed by atoms with E-state index in [2.05, 4.69) is 64.6 Å². The van der Waals surface area contributed by atoms with Crippen LogP contribution in [-0.4, -0.2) is 6.61 Å². The van der Waals surface area contributed by atoms with Crippen molar-refractivity contribution < 1.29 is 4.74 Å². The van der Waals surface area contributed by atoms with Crippen LogP contribution < -0.4 is 10.1 Å². The smallest absolute Gasteiger partial charge is 0.122 e. The van der Waals surface area contributed by atoms with Gasteiger partial charge in [0.05, 0.1) is 6.61 Å². The first kappa shape index (κ1) is 13.5. The van der Waals surface area contributed by atoms with E-state index in [0.29, 0.717) is 0 Å². The van der Waals surface area contributed by atoms with Crippen molar-refractivity contribution in [1.82, 2.24) is 0 Å². The zero-order valence-electron chi connectivity index (χ0n) is 11.6. The normalized spacial score (nSPS) is 12.9. The van der Waals surface area contributed by atoms with E-state index in [1.54, 1.807) is 0 Å². The number of rotatable bonds is 4. The third-order valence-electron chi connectivity index (χ3n) is 3.69. The zero-order valence-corrected chi connectivity index (χ0v) is 13.2. The fourth-order valence-corrected chi connectivity index (χ4v) is 2.98. The summed E-state index contributed by atoms with van der Waals surface area (Å²) in [6.07, 6.45) is 2.06. The fraction of sp³-hybridized carbons (Fsp3) is 0.294. The van der Waals surface area contributed by atoms with Gasteiger partial charge in [-0.1, -0.05) is 35.0 Å². The van der Waals surface area contributed by atoms with Crippen molar-refractivity contribution in [2.24, 2.45) is 0 Å². The van der Waals surface area contributed by atoms with Crippen LogP contribution in [0.3, 0.4) is 0 Å². The molecule has 20 heavy (non-hydrogen) atoms. The molecule has 2 nitrogen and oxygen atoms in total. The first-order valence-corrected chi connectivity index (χ1v) is 7.82. The first-order valence-electron chi connectivity index (χ1n) is 7.03. The monoisotopic (exact) mass is 331 g/mol. The molecule has 0 spiro atoms. The van der Waals surface area contributed by atoms with E-state index in [9.17, 15) is 0 Å². The van der Waals surface area contributed by atoms with Gasteiger partial charge in [-0.3, -0.25) is 0 Å². The number of hydrogen-bond donors (Lipinski definition) is 1. The van der Waals surface area contributed by atoms with Gasteiger partial charge in [-0.2, -0.15) is 0 Å². The number of anilines is 1. The van der Waals surface area contributed by atoms with Crippen LogP contribution in [0.15, 0.2) is 40.9 Å². The molecule has 3 heteroatoms. The molecule has 104 valence electrons. The molecular weight excluding hydrogens is 314 g/mol. The lowest BCUT2D eigenvalue weighted by molar-refractivity contribution is 0.357. The summed E-state index contributed by atoms with van der Waals surface area (Å²) in [6.45, 7) is 3.85. The number of hydrogen-bond acceptors (Lipinski definition) is 2. The average molecular weight is 332 g/mol. The van der Waals surface area contributed by atoms with E-state index < -0.39 is 0 Å². The Morgan fingerprint density at radius 3 is 2.95 bits per heavy atom. The number of ether oxygens (including phenoxy) is 1. The van der Waals surface area contributed by atoms with Gasteiger partial charge < -0.3 is 10.1 Å². The highest BCUT2D eigenvalue weighted by Gasteiger charge is 2.11. The van der Waals surface area contributed by atoms with Gasteiger partial charge in [-0.25, -0.2) is 0 Å². The van der Waals surface area contributed by atoms with E-state index in [1.807, 2.05) is 0 Å². The summed E-state index contributed by atoms with van der Waals surface area (Å²) in [6, 6.07) is 12.9. The molecule has 2 aromatic carbocycles. The molecule has 1 heterocycles. The van der Waals surface area contributed by atoms with E-state index >= 15 is 0 Å². The van der Waals surface area contributed by atoms with Gasteiger partial charge in [0, 0.05) is 23.1 Å². The van der Waals surface area contributed by atoms with Gasteiger partial charge >= 0.3 is 0 Å². The summed E-state index contributed by atoms with van der Waals surface area (Å²) in [5.74, 6) is 1.05. The number of halogens is 1. The predicted molar refractivity (Wildman–Crippen MR) is 86.5 cm³/mol. The van der Waals surface area contributed by atoms with Crippen molar-refractivity contribution in [3.63, 3.8) is 0 Å². The number of fused-ring (bicyclic) bond motifs is 1. The quantitative estimate of drug-likeness (QED) is 0.886. The molecular formula is C17H18BrNO. The third-order valence-corrected chi connectivity index (χ3v) is 4.18. The Morgan fingerprint density at radius 1 is 1.20 bits per heavy atom. The number of aryl methyl sites for hydroxylation is 1. The van der Waals surface area contributed by atoms with E-state index in [4.69, 9.17) is 4.74 Å². The Kier molecular flexibility index (Phi) is 3.97. The molecule has 0 fully saturated rings. The topological polar surface area (TPSA) is 21.3 Å². The second kappa shape index (κ2) is 5.88. The molecule has 1 aliphatic heterocycles. The summed E-state index contributed by atoms with van der Waals surface area (Å²) in [5, 5.41) is 3.54. The van der Waals surface area contributed by atoms with Crippen LogP contribution in [0, 0.1) is 0 Å². The largest absolute Gasteiger partial charge is 0.493 e. The Balaban J connectivity index is 1.73. The number of benzene rings is 2. The van der Waals surface area contributed by atoms with E-state index in [1.165, 1.54) is 22.4 Å². The van der Waals surface area contributed by atoms with Crippen molar-refractivity contribution in [2.45, 2.75) is 26.3 Å². The SMILES string of the molecule is CCc1cc(Br)ccc1NCc1ccc2c(c1)CCO2. The highest BCUT2D eigenvalue weighted by atomic mass is 79.9. The van der Waals surface area contributed by atoms with Gasteiger partial charge in [-0.15, -0.1) is 0 Å². The minimum atomic E-state index is 0.818. The molecule has 0 saturated carbocycles. The molecule has 1 N–H and O–H groups in total. The highest BCUT2D eigenvalue weighted by Crippen LogP contribution is 2.27. The van der Waals surface area contributed by atoms with Gasteiger partial charge in [0.1, 0.15) is 5.75 Å². The molecule has 2 aromatic rings. The van der Waals surface area contributed by atoms with Gasteiger partial charge in [0.25, 0.3) is 0 Å². The summed E-state index contributed by atoms with van der Waals surface area (Å²) in [4.78, 5) is 0. The fourth-order valence-electron chi connectivity index (χ4n) is 2.57. The van der Waals surface area contributed by atoms with Crippen molar-refractivity contribution in [3.8, 4) is 5.75 Å². The standard InChI is InChI=1S/C17H18BrNO/c1-2-13-10-15(18)4-5-16(13)19-11-12-3-6-17-14(9-12)7-8-20-17/h3-6,9-10,19H,2,7-8,11H2,1H3. The predicted octanol–water partition coefficient (Wildman–Crippen LogP) is 4.56. The van der Waals surface area contributed by atoms with Crippen molar-refractivity contribution in [3.05, 3.63) is 57.6 Å². The molecule has 1 aliphatic rings. The minimum Gasteiger partial charge on any atom is -0.493 e. The lowest BCUT2D eigenvalue weighted by Gasteiger charge is -2.12. The van der Waals surface area contributed by atoms with E-state index in [0.717, 1.165) is 36.2 Å². The van der Waals surface area contributed by atoms with Crippen molar-refractivity contribution >= 4 is 21.6 Å². The highest BCUT2D eigenvalue weighted by molar-refractivity contribution is 9.10. The van der Waals surface area contributed by atoms with Crippen LogP contribution in [0.2, 0.25) is 0 Å². The van der Waals surface area contributed by atoms with E-state index in [-0.39, 0.29) is 0 Å². The van der Waals surface area contributed by atoms with Crippen molar-refractivity contribution in [2.75, 3.05) is 11.9 Å². The molecule has 0 radical (unpaired) electrons. The van der Waals surface area contributed by atoms with Gasteiger partial charge in [-0.05, 0) is 47.4 Å². The van der Waals surface area contributed by atoms with Crippen LogP contribution in [0.4, 0.5) is 5.69 Å². The average Bonchev–Trinajstić information content (AvgIpc) is 2.93. The molecule has 0 aliphatic carbocycles. The maximum Gasteiger partial charge on any atom is 0.122 e.